The van der Waals surface area contributed by atoms with Crippen LogP contribution in [0.25, 0.3) is 0 Å². The van der Waals surface area contributed by atoms with Gasteiger partial charge in [0.15, 0.2) is 0 Å². The third-order valence-electron chi connectivity index (χ3n) is 3.42. The van der Waals surface area contributed by atoms with Crippen molar-refractivity contribution in [3.8, 4) is 11.5 Å². The summed E-state index contributed by atoms with van der Waals surface area (Å²) in [4.78, 5) is 0.139. The molecule has 0 fully saturated rings. The maximum absolute atomic E-state index is 12.3. The molecular weight excluding hydrogens is 392 g/mol. The first-order chi connectivity index (χ1) is 12.5. The number of hydrogen-bond donors (Lipinski definition) is 3. The monoisotopic (exact) mass is 416 g/mol. The number of nitrogens with one attached hydrogen (secondary N) is 2. The van der Waals surface area contributed by atoms with Crippen molar-refractivity contribution in [2.45, 2.75) is 11.0 Å². The van der Waals surface area contributed by atoms with Crippen molar-refractivity contribution in [1.29, 1.82) is 0 Å². The summed E-state index contributed by atoms with van der Waals surface area (Å²) in [6.07, 6.45) is -0.630. The maximum atomic E-state index is 12.3. The van der Waals surface area contributed by atoms with Gasteiger partial charge in [-0.2, -0.15) is 0 Å². The second-order valence-electron chi connectivity index (χ2n) is 5.55. The minimum absolute atomic E-state index is 0. The zero-order valence-corrected chi connectivity index (χ0v) is 16.6. The molecule has 0 aliphatic heterocycles. The molecule has 2 aromatic rings. The van der Waals surface area contributed by atoms with E-state index >= 15 is 0 Å². The molecule has 0 spiro atoms. The van der Waals surface area contributed by atoms with Gasteiger partial charge < -0.3 is 19.9 Å². The van der Waals surface area contributed by atoms with E-state index in [1.807, 2.05) is 18.2 Å². The lowest BCUT2D eigenvalue weighted by Crippen LogP contribution is -2.29. The first kappa shape index (κ1) is 23.2. The molecule has 0 saturated carbocycles. The third-order valence-corrected chi connectivity index (χ3v) is 4.90. The van der Waals surface area contributed by atoms with E-state index in [-0.39, 0.29) is 37.1 Å². The van der Waals surface area contributed by atoms with E-state index in [4.69, 9.17) is 9.47 Å². The Labute approximate surface area is 166 Å². The van der Waals surface area contributed by atoms with Crippen LogP contribution in [0.5, 0.6) is 11.5 Å². The fourth-order valence-electron chi connectivity index (χ4n) is 2.15. The Morgan fingerprint density at radius 3 is 2.26 bits per heavy atom. The smallest absolute Gasteiger partial charge is 0.240 e. The average molecular weight is 417 g/mol. The molecule has 0 amide bonds. The summed E-state index contributed by atoms with van der Waals surface area (Å²) < 4.78 is 37.9. The molecule has 9 heteroatoms. The van der Waals surface area contributed by atoms with Crippen molar-refractivity contribution in [2.24, 2.45) is 0 Å². The van der Waals surface area contributed by atoms with Crippen molar-refractivity contribution < 1.29 is 23.0 Å². The van der Waals surface area contributed by atoms with E-state index in [0.29, 0.717) is 18.0 Å². The molecule has 0 bridgehead atoms. The summed E-state index contributed by atoms with van der Waals surface area (Å²) in [5.74, 6) is 1.18. The predicted octanol–water partition coefficient (Wildman–Crippen LogP) is 1.42. The molecule has 7 nitrogen and oxygen atoms in total. The molecule has 2 aromatic carbocycles. The normalized spacial score (nSPS) is 12.1. The number of halogens is 1. The molecule has 27 heavy (non-hydrogen) atoms. The molecule has 0 heterocycles. The number of benzene rings is 2. The molecule has 2 rings (SSSR count). The Bertz CT molecular complexity index is 757. The number of hydrogen-bond acceptors (Lipinski definition) is 6. The van der Waals surface area contributed by atoms with E-state index in [1.54, 1.807) is 31.3 Å². The molecule has 0 aliphatic carbocycles. The summed E-state index contributed by atoms with van der Waals surface area (Å²) in [7, 11) is -1.88. The standard InChI is InChI=1S/C18H24N2O5S.ClH/c1-19-13-15(21)14-25-17-7-9-18(10-8-17)26(22,23)20-11-12-24-16-5-3-2-4-6-16;/h2-10,15,19-21H,11-14H2,1H3;1H. The molecule has 1 unspecified atom stereocenters. The summed E-state index contributed by atoms with van der Waals surface area (Å²) in [6.45, 7) is 0.933. The van der Waals surface area contributed by atoms with Crippen molar-refractivity contribution in [3.63, 3.8) is 0 Å². The maximum Gasteiger partial charge on any atom is 0.240 e. The van der Waals surface area contributed by atoms with E-state index in [1.165, 1.54) is 12.1 Å². The number of likely N-dealkylation sites (N-methyl/N-ethyl adjacent to an activating group) is 1. The Morgan fingerprint density at radius 2 is 1.63 bits per heavy atom. The van der Waals surface area contributed by atoms with E-state index in [0.717, 1.165) is 0 Å². The number of rotatable bonds is 11. The minimum atomic E-state index is -3.62. The molecule has 0 aromatic heterocycles. The molecule has 0 saturated heterocycles. The third kappa shape index (κ3) is 8.15. The Hall–Kier alpha value is -1.84. The molecule has 1 atom stereocenters. The molecular formula is C18H25ClN2O5S. The van der Waals surface area contributed by atoms with Gasteiger partial charge in [-0.1, -0.05) is 18.2 Å². The first-order valence-corrected chi connectivity index (χ1v) is 9.72. The summed E-state index contributed by atoms with van der Waals surface area (Å²) in [6, 6.07) is 15.2. The number of para-hydroxylation sites is 1. The van der Waals surface area contributed by atoms with Crippen LogP contribution in [-0.4, -0.2) is 53.0 Å². The lowest BCUT2D eigenvalue weighted by Gasteiger charge is -2.12. The van der Waals surface area contributed by atoms with Crippen LogP contribution in [0.1, 0.15) is 0 Å². The van der Waals surface area contributed by atoms with Crippen molar-refractivity contribution in [2.75, 3.05) is 33.4 Å². The molecule has 0 aliphatic rings. The Kier molecular flexibility index (Phi) is 10.1. The van der Waals surface area contributed by atoms with Gasteiger partial charge in [0.25, 0.3) is 0 Å². The fourth-order valence-corrected chi connectivity index (χ4v) is 3.16. The quantitative estimate of drug-likeness (QED) is 0.479. The number of aliphatic hydroxyl groups excluding tert-OH is 1. The zero-order valence-electron chi connectivity index (χ0n) is 15.0. The van der Waals surface area contributed by atoms with Gasteiger partial charge in [-0.05, 0) is 43.4 Å². The molecule has 3 N–H and O–H groups in total. The number of sulfonamides is 1. The first-order valence-electron chi connectivity index (χ1n) is 8.24. The van der Waals surface area contributed by atoms with Crippen molar-refractivity contribution in [3.05, 3.63) is 54.6 Å². The lowest BCUT2D eigenvalue weighted by molar-refractivity contribution is 0.108. The second-order valence-corrected chi connectivity index (χ2v) is 7.32. The average Bonchev–Trinajstić information content (AvgIpc) is 2.65. The van der Waals surface area contributed by atoms with Crippen molar-refractivity contribution in [1.82, 2.24) is 10.0 Å². The van der Waals surface area contributed by atoms with Crippen LogP contribution in [0.4, 0.5) is 0 Å². The highest BCUT2D eigenvalue weighted by atomic mass is 35.5. The van der Waals surface area contributed by atoms with Crippen LogP contribution in [0.2, 0.25) is 0 Å². The highest BCUT2D eigenvalue weighted by molar-refractivity contribution is 7.89. The lowest BCUT2D eigenvalue weighted by atomic mass is 10.3. The fraction of sp³-hybridized carbons (Fsp3) is 0.333. The van der Waals surface area contributed by atoms with Gasteiger partial charge in [-0.25, -0.2) is 13.1 Å². The summed E-state index contributed by atoms with van der Waals surface area (Å²) in [5.41, 5.74) is 0. The topological polar surface area (TPSA) is 96.9 Å². The van der Waals surface area contributed by atoms with E-state index in [9.17, 15) is 13.5 Å². The SMILES string of the molecule is CNCC(O)COc1ccc(S(=O)(=O)NCCOc2ccccc2)cc1.Cl. The number of aliphatic hydroxyl groups is 1. The minimum Gasteiger partial charge on any atom is -0.492 e. The van der Waals surface area contributed by atoms with Gasteiger partial charge in [-0.3, -0.25) is 0 Å². The zero-order chi connectivity index (χ0) is 18.8. The van der Waals surface area contributed by atoms with E-state index < -0.39 is 16.1 Å². The summed E-state index contributed by atoms with van der Waals surface area (Å²) >= 11 is 0. The van der Waals surface area contributed by atoms with Crippen LogP contribution < -0.4 is 19.5 Å². The van der Waals surface area contributed by atoms with E-state index in [2.05, 4.69) is 10.0 Å². The number of ether oxygens (including phenoxy) is 2. The van der Waals surface area contributed by atoms with Crippen molar-refractivity contribution >= 4 is 22.4 Å². The largest absolute Gasteiger partial charge is 0.492 e. The Balaban J connectivity index is 0.00000364. The second kappa shape index (κ2) is 11.8. The molecule has 150 valence electrons. The van der Waals surface area contributed by atoms with Gasteiger partial charge in [0.1, 0.15) is 30.8 Å². The van der Waals surface area contributed by atoms with Gasteiger partial charge in [0.2, 0.25) is 10.0 Å². The van der Waals surface area contributed by atoms with Gasteiger partial charge >= 0.3 is 0 Å². The highest BCUT2D eigenvalue weighted by Gasteiger charge is 2.13. The van der Waals surface area contributed by atoms with Gasteiger partial charge in [0, 0.05) is 13.1 Å². The highest BCUT2D eigenvalue weighted by Crippen LogP contribution is 2.16. The van der Waals surface area contributed by atoms with Crippen LogP contribution >= 0.6 is 12.4 Å². The molecule has 0 radical (unpaired) electrons. The van der Waals surface area contributed by atoms with Crippen LogP contribution in [0.15, 0.2) is 59.5 Å². The predicted molar refractivity (Wildman–Crippen MR) is 106 cm³/mol. The Morgan fingerprint density at radius 1 is 1.00 bits per heavy atom. The summed E-state index contributed by atoms with van der Waals surface area (Å²) in [5, 5.41) is 12.4. The van der Waals surface area contributed by atoms with Crippen LogP contribution in [-0.2, 0) is 10.0 Å². The van der Waals surface area contributed by atoms with Crippen LogP contribution in [0, 0.1) is 0 Å². The van der Waals surface area contributed by atoms with Gasteiger partial charge in [-0.15, -0.1) is 12.4 Å². The van der Waals surface area contributed by atoms with Gasteiger partial charge in [0.05, 0.1) is 4.90 Å². The van der Waals surface area contributed by atoms with Crippen LogP contribution in [0.3, 0.4) is 0 Å².